The molecular weight excluding hydrogens is 308 g/mol. The van der Waals surface area contributed by atoms with E-state index in [-0.39, 0.29) is 17.4 Å². The molecule has 5 heteroatoms. The zero-order chi connectivity index (χ0) is 17.1. The topological polar surface area (TPSA) is 64.3 Å². The van der Waals surface area contributed by atoms with Crippen LogP contribution in [-0.2, 0) is 9.53 Å². The van der Waals surface area contributed by atoms with E-state index in [4.69, 9.17) is 10.5 Å². The molecule has 0 saturated heterocycles. The first-order valence-corrected chi connectivity index (χ1v) is 9.18. The predicted molar refractivity (Wildman–Crippen MR) is 95.6 cm³/mol. The first-order chi connectivity index (χ1) is 10.8. The van der Waals surface area contributed by atoms with Crippen molar-refractivity contribution in [1.29, 1.82) is 0 Å². The minimum absolute atomic E-state index is 0.0604. The van der Waals surface area contributed by atoms with E-state index in [0.29, 0.717) is 19.6 Å². The van der Waals surface area contributed by atoms with Gasteiger partial charge in [-0.1, -0.05) is 31.5 Å². The van der Waals surface area contributed by atoms with E-state index < -0.39 is 5.54 Å². The lowest BCUT2D eigenvalue weighted by Gasteiger charge is -2.57. The number of carbonyl (C=O) groups is 1. The van der Waals surface area contributed by atoms with Crippen molar-refractivity contribution < 1.29 is 9.53 Å². The Hall–Kier alpha value is -1.04. The normalized spacial score (nSPS) is 25.7. The zero-order valence-electron chi connectivity index (χ0n) is 14.5. The van der Waals surface area contributed by atoms with Crippen LogP contribution in [0, 0.1) is 12.3 Å². The fourth-order valence-electron chi connectivity index (χ4n) is 2.95. The molecule has 0 heterocycles. The predicted octanol–water partition coefficient (Wildman–Crippen LogP) is 2.74. The van der Waals surface area contributed by atoms with Crippen molar-refractivity contribution in [3.05, 3.63) is 29.8 Å². The molecule has 2 atom stereocenters. The molecule has 1 saturated carbocycles. The number of ether oxygens (including phenoxy) is 1. The molecule has 0 bridgehead atoms. The number of nitrogens with two attached hydrogens (primary N) is 1. The zero-order valence-corrected chi connectivity index (χ0v) is 15.3. The minimum Gasteiger partial charge on any atom is -0.378 e. The van der Waals surface area contributed by atoms with Crippen LogP contribution < -0.4 is 11.1 Å². The number of thioether (sulfide) groups is 1. The summed E-state index contributed by atoms with van der Waals surface area (Å²) in [5.74, 6) is 0.767. The molecule has 2 rings (SSSR count). The summed E-state index contributed by atoms with van der Waals surface area (Å²) < 4.78 is 5.67. The van der Waals surface area contributed by atoms with Crippen LogP contribution >= 0.6 is 11.8 Å². The molecule has 1 aromatic carbocycles. The van der Waals surface area contributed by atoms with Gasteiger partial charge < -0.3 is 15.8 Å². The SMILES string of the molecule is CCOC1CC(N)(C(=O)NCCSc2ccc(C)cc2)C1(C)C. The summed E-state index contributed by atoms with van der Waals surface area (Å²) >= 11 is 1.74. The Balaban J connectivity index is 1.78. The lowest BCUT2D eigenvalue weighted by molar-refractivity contribution is -0.170. The molecule has 3 N–H and O–H groups in total. The summed E-state index contributed by atoms with van der Waals surface area (Å²) in [4.78, 5) is 13.7. The average Bonchev–Trinajstić information content (AvgIpc) is 2.52. The number of hydrogen-bond acceptors (Lipinski definition) is 4. The Morgan fingerprint density at radius 2 is 2.04 bits per heavy atom. The molecule has 0 aliphatic heterocycles. The van der Waals surface area contributed by atoms with Crippen molar-refractivity contribution in [2.75, 3.05) is 18.9 Å². The maximum absolute atomic E-state index is 12.5. The van der Waals surface area contributed by atoms with Crippen molar-refractivity contribution in [3.63, 3.8) is 0 Å². The monoisotopic (exact) mass is 336 g/mol. The highest BCUT2D eigenvalue weighted by Crippen LogP contribution is 2.49. The number of rotatable bonds is 7. The summed E-state index contributed by atoms with van der Waals surface area (Å²) in [5.41, 5.74) is 6.44. The van der Waals surface area contributed by atoms with E-state index in [0.717, 1.165) is 5.75 Å². The van der Waals surface area contributed by atoms with Gasteiger partial charge in [-0.15, -0.1) is 11.8 Å². The number of hydrogen-bond donors (Lipinski definition) is 2. The standard InChI is InChI=1S/C18H28N2O2S/c1-5-22-15-12-18(19,17(15,3)4)16(21)20-10-11-23-14-8-6-13(2)7-9-14/h6-9,15H,5,10-12,19H2,1-4H3,(H,20,21). The van der Waals surface area contributed by atoms with Gasteiger partial charge in [0.1, 0.15) is 5.54 Å². The quantitative estimate of drug-likeness (QED) is 0.593. The summed E-state index contributed by atoms with van der Waals surface area (Å²) in [5, 5.41) is 2.98. The maximum Gasteiger partial charge on any atom is 0.240 e. The molecule has 0 spiro atoms. The number of nitrogens with one attached hydrogen (secondary N) is 1. The van der Waals surface area contributed by atoms with E-state index >= 15 is 0 Å². The van der Waals surface area contributed by atoms with Gasteiger partial charge in [0.2, 0.25) is 5.91 Å². The number of benzene rings is 1. The second-order valence-corrected chi connectivity index (χ2v) is 7.93. The van der Waals surface area contributed by atoms with Crippen LogP contribution in [0.15, 0.2) is 29.2 Å². The summed E-state index contributed by atoms with van der Waals surface area (Å²) in [7, 11) is 0. The second-order valence-electron chi connectivity index (χ2n) is 6.76. The van der Waals surface area contributed by atoms with Gasteiger partial charge in [0.25, 0.3) is 0 Å². The van der Waals surface area contributed by atoms with Crippen LogP contribution in [0.25, 0.3) is 0 Å². The minimum atomic E-state index is -0.832. The van der Waals surface area contributed by atoms with E-state index in [1.54, 1.807) is 11.8 Å². The third-order valence-corrected chi connectivity index (χ3v) is 5.93. The molecular formula is C18H28N2O2S. The van der Waals surface area contributed by atoms with Gasteiger partial charge in [0, 0.05) is 35.6 Å². The van der Waals surface area contributed by atoms with Gasteiger partial charge in [-0.2, -0.15) is 0 Å². The highest BCUT2D eigenvalue weighted by molar-refractivity contribution is 7.99. The lowest BCUT2D eigenvalue weighted by atomic mass is 9.54. The Morgan fingerprint density at radius 3 is 2.61 bits per heavy atom. The van der Waals surface area contributed by atoms with E-state index in [9.17, 15) is 4.79 Å². The summed E-state index contributed by atoms with van der Waals surface area (Å²) in [6, 6.07) is 8.41. The molecule has 2 unspecified atom stereocenters. The van der Waals surface area contributed by atoms with Gasteiger partial charge in [-0.05, 0) is 26.0 Å². The number of carbonyl (C=O) groups excluding carboxylic acids is 1. The van der Waals surface area contributed by atoms with Gasteiger partial charge in [0.15, 0.2) is 0 Å². The third kappa shape index (κ3) is 3.73. The Labute approximate surface area is 143 Å². The van der Waals surface area contributed by atoms with Gasteiger partial charge in [-0.3, -0.25) is 4.79 Å². The molecule has 1 aliphatic rings. The molecule has 1 fully saturated rings. The van der Waals surface area contributed by atoms with Gasteiger partial charge in [0.05, 0.1) is 6.10 Å². The van der Waals surface area contributed by atoms with Gasteiger partial charge >= 0.3 is 0 Å². The smallest absolute Gasteiger partial charge is 0.240 e. The third-order valence-electron chi connectivity index (χ3n) is 4.91. The fourth-order valence-corrected chi connectivity index (χ4v) is 3.71. The largest absolute Gasteiger partial charge is 0.378 e. The number of amides is 1. The van der Waals surface area contributed by atoms with E-state index in [1.807, 2.05) is 20.8 Å². The van der Waals surface area contributed by atoms with Crippen molar-refractivity contribution in [2.45, 2.75) is 50.7 Å². The molecule has 0 radical (unpaired) electrons. The molecule has 4 nitrogen and oxygen atoms in total. The van der Waals surface area contributed by atoms with E-state index in [1.165, 1.54) is 10.5 Å². The van der Waals surface area contributed by atoms with Crippen LogP contribution in [0.2, 0.25) is 0 Å². The van der Waals surface area contributed by atoms with Crippen LogP contribution in [0.4, 0.5) is 0 Å². The van der Waals surface area contributed by atoms with Gasteiger partial charge in [-0.25, -0.2) is 0 Å². The Morgan fingerprint density at radius 1 is 1.39 bits per heavy atom. The Bertz CT molecular complexity index is 544. The van der Waals surface area contributed by atoms with Crippen LogP contribution in [0.5, 0.6) is 0 Å². The summed E-state index contributed by atoms with van der Waals surface area (Å²) in [6.07, 6.45) is 0.648. The molecule has 23 heavy (non-hydrogen) atoms. The summed E-state index contributed by atoms with van der Waals surface area (Å²) in [6.45, 7) is 9.33. The van der Waals surface area contributed by atoms with Crippen LogP contribution in [-0.4, -0.2) is 36.5 Å². The van der Waals surface area contributed by atoms with E-state index in [2.05, 4.69) is 36.5 Å². The second kappa shape index (κ2) is 7.24. The first-order valence-electron chi connectivity index (χ1n) is 8.19. The average molecular weight is 337 g/mol. The highest BCUT2D eigenvalue weighted by atomic mass is 32.2. The maximum atomic E-state index is 12.5. The lowest BCUT2D eigenvalue weighted by Crippen LogP contribution is -2.75. The fraction of sp³-hybridized carbons (Fsp3) is 0.611. The number of aryl methyl sites for hydroxylation is 1. The van der Waals surface area contributed by atoms with Crippen molar-refractivity contribution in [2.24, 2.45) is 11.1 Å². The molecule has 1 amide bonds. The Kier molecular flexibility index (Phi) is 5.76. The van der Waals surface area contributed by atoms with Crippen molar-refractivity contribution in [1.82, 2.24) is 5.32 Å². The van der Waals surface area contributed by atoms with Crippen LogP contribution in [0.3, 0.4) is 0 Å². The highest BCUT2D eigenvalue weighted by Gasteiger charge is 2.62. The molecule has 0 aromatic heterocycles. The first kappa shape index (κ1) is 18.3. The molecule has 128 valence electrons. The molecule has 1 aliphatic carbocycles. The van der Waals surface area contributed by atoms with Crippen LogP contribution in [0.1, 0.15) is 32.8 Å². The van der Waals surface area contributed by atoms with Crippen molar-refractivity contribution >= 4 is 17.7 Å². The van der Waals surface area contributed by atoms with Crippen molar-refractivity contribution in [3.8, 4) is 0 Å². The molecule has 1 aromatic rings.